The fraction of sp³-hybridized carbons (Fsp3) is 0.400. The number of pyridine rings is 1. The molecule has 1 aliphatic rings. The van der Waals surface area contributed by atoms with Gasteiger partial charge < -0.3 is 4.74 Å². The molecule has 0 aromatic carbocycles. The van der Waals surface area contributed by atoms with E-state index in [1.54, 1.807) is 12.4 Å². The van der Waals surface area contributed by atoms with Crippen LogP contribution in [0.2, 0.25) is 0 Å². The number of nitrogens with zero attached hydrogens (tertiary/aromatic N) is 1. The van der Waals surface area contributed by atoms with Gasteiger partial charge >= 0.3 is 5.97 Å². The molecule has 0 bridgehead atoms. The molecule has 13 heavy (non-hydrogen) atoms. The summed E-state index contributed by atoms with van der Waals surface area (Å²) < 4.78 is 4.77. The normalized spacial score (nSPS) is 17.9. The maximum atomic E-state index is 11.4. The molecule has 1 aromatic rings. The third-order valence-electron chi connectivity index (χ3n) is 2.54. The number of carbonyl (C=O) groups excluding carboxylic acids is 1. The van der Waals surface area contributed by atoms with Gasteiger partial charge in [-0.25, -0.2) is 0 Å². The first-order valence-electron chi connectivity index (χ1n) is 4.28. The second-order valence-corrected chi connectivity index (χ2v) is 3.32. The molecule has 0 saturated heterocycles. The van der Waals surface area contributed by atoms with Crippen molar-refractivity contribution in [2.75, 3.05) is 7.11 Å². The van der Waals surface area contributed by atoms with E-state index in [4.69, 9.17) is 4.74 Å². The highest BCUT2D eigenvalue weighted by Crippen LogP contribution is 2.48. The van der Waals surface area contributed by atoms with Gasteiger partial charge in [-0.1, -0.05) is 6.07 Å². The van der Waals surface area contributed by atoms with Crippen LogP contribution in [0.15, 0.2) is 24.5 Å². The van der Waals surface area contributed by atoms with Crippen molar-refractivity contribution in [1.82, 2.24) is 4.98 Å². The minimum atomic E-state index is -0.372. The summed E-state index contributed by atoms with van der Waals surface area (Å²) in [6, 6.07) is 3.77. The van der Waals surface area contributed by atoms with Crippen molar-refractivity contribution in [3.05, 3.63) is 30.1 Å². The topological polar surface area (TPSA) is 39.2 Å². The molecular weight excluding hydrogens is 166 g/mol. The molecule has 68 valence electrons. The average molecular weight is 177 g/mol. The SMILES string of the molecule is COC(=O)C1(c2cccnc2)CC1. The number of ether oxygens (including phenoxy) is 1. The summed E-state index contributed by atoms with van der Waals surface area (Å²) in [7, 11) is 1.43. The van der Waals surface area contributed by atoms with E-state index in [0.29, 0.717) is 0 Å². The monoisotopic (exact) mass is 177 g/mol. The summed E-state index contributed by atoms with van der Waals surface area (Å²) >= 11 is 0. The molecule has 1 heterocycles. The number of carbonyl (C=O) groups is 1. The number of hydrogen-bond acceptors (Lipinski definition) is 3. The fourth-order valence-electron chi connectivity index (χ4n) is 1.58. The molecule has 0 N–H and O–H groups in total. The Labute approximate surface area is 76.7 Å². The Morgan fingerprint density at radius 3 is 2.85 bits per heavy atom. The van der Waals surface area contributed by atoms with Gasteiger partial charge in [0, 0.05) is 12.4 Å². The van der Waals surface area contributed by atoms with Crippen molar-refractivity contribution < 1.29 is 9.53 Å². The van der Waals surface area contributed by atoms with Gasteiger partial charge in [0.2, 0.25) is 0 Å². The smallest absolute Gasteiger partial charge is 0.316 e. The summed E-state index contributed by atoms with van der Waals surface area (Å²) in [6.45, 7) is 0. The molecule has 0 unspecified atom stereocenters. The Balaban J connectivity index is 2.31. The predicted octanol–water partition coefficient (Wildman–Crippen LogP) is 1.29. The molecule has 0 amide bonds. The summed E-state index contributed by atoms with van der Waals surface area (Å²) in [4.78, 5) is 15.4. The van der Waals surface area contributed by atoms with Crippen LogP contribution in [0.1, 0.15) is 18.4 Å². The van der Waals surface area contributed by atoms with Crippen LogP contribution in [-0.2, 0) is 14.9 Å². The van der Waals surface area contributed by atoms with E-state index in [1.165, 1.54) is 7.11 Å². The Kier molecular flexibility index (Phi) is 1.79. The maximum absolute atomic E-state index is 11.4. The highest BCUT2D eigenvalue weighted by molar-refractivity contribution is 5.86. The minimum Gasteiger partial charge on any atom is -0.468 e. The second kappa shape index (κ2) is 2.83. The average Bonchev–Trinajstić information content (AvgIpc) is 2.99. The molecule has 1 saturated carbocycles. The lowest BCUT2D eigenvalue weighted by molar-refractivity contribution is -0.143. The quantitative estimate of drug-likeness (QED) is 0.639. The van der Waals surface area contributed by atoms with Crippen molar-refractivity contribution in [1.29, 1.82) is 0 Å². The van der Waals surface area contributed by atoms with Crippen LogP contribution < -0.4 is 0 Å². The van der Waals surface area contributed by atoms with Gasteiger partial charge in [0.25, 0.3) is 0 Å². The molecule has 1 aromatic heterocycles. The highest BCUT2D eigenvalue weighted by Gasteiger charge is 2.52. The lowest BCUT2D eigenvalue weighted by atomic mass is 9.98. The van der Waals surface area contributed by atoms with Gasteiger partial charge in [-0.3, -0.25) is 9.78 Å². The first kappa shape index (κ1) is 8.23. The number of esters is 1. The van der Waals surface area contributed by atoms with E-state index in [2.05, 4.69) is 4.98 Å². The standard InChI is InChI=1S/C10H11NO2/c1-13-9(12)10(4-5-10)8-3-2-6-11-7-8/h2-3,6-7H,4-5H2,1H3. The van der Waals surface area contributed by atoms with Gasteiger partial charge in [0.1, 0.15) is 0 Å². The molecule has 0 spiro atoms. The Morgan fingerprint density at radius 2 is 2.38 bits per heavy atom. The molecule has 0 aliphatic heterocycles. The van der Waals surface area contributed by atoms with Crippen LogP contribution in [-0.4, -0.2) is 18.1 Å². The molecule has 1 fully saturated rings. The van der Waals surface area contributed by atoms with Gasteiger partial charge in [-0.05, 0) is 24.5 Å². The molecule has 1 aliphatic carbocycles. The Morgan fingerprint density at radius 1 is 1.62 bits per heavy atom. The van der Waals surface area contributed by atoms with Crippen molar-refractivity contribution in [3.63, 3.8) is 0 Å². The Bertz CT molecular complexity index is 317. The molecule has 0 radical (unpaired) electrons. The van der Waals surface area contributed by atoms with E-state index in [-0.39, 0.29) is 11.4 Å². The zero-order valence-electron chi connectivity index (χ0n) is 7.49. The van der Waals surface area contributed by atoms with E-state index < -0.39 is 0 Å². The molecular formula is C10H11NO2. The van der Waals surface area contributed by atoms with Crippen LogP contribution >= 0.6 is 0 Å². The Hall–Kier alpha value is -1.38. The van der Waals surface area contributed by atoms with E-state index >= 15 is 0 Å². The van der Waals surface area contributed by atoms with Crippen LogP contribution in [0.4, 0.5) is 0 Å². The number of aromatic nitrogens is 1. The molecule has 0 atom stereocenters. The minimum absolute atomic E-state index is 0.138. The number of rotatable bonds is 2. The number of hydrogen-bond donors (Lipinski definition) is 0. The number of methoxy groups -OCH3 is 1. The highest BCUT2D eigenvalue weighted by atomic mass is 16.5. The van der Waals surface area contributed by atoms with Crippen molar-refractivity contribution in [2.24, 2.45) is 0 Å². The summed E-state index contributed by atoms with van der Waals surface area (Å²) in [5.41, 5.74) is 0.602. The van der Waals surface area contributed by atoms with Crippen LogP contribution in [0.5, 0.6) is 0 Å². The van der Waals surface area contributed by atoms with Crippen LogP contribution in [0.3, 0.4) is 0 Å². The third-order valence-corrected chi connectivity index (χ3v) is 2.54. The van der Waals surface area contributed by atoms with Crippen molar-refractivity contribution in [2.45, 2.75) is 18.3 Å². The zero-order valence-corrected chi connectivity index (χ0v) is 7.49. The predicted molar refractivity (Wildman–Crippen MR) is 47.2 cm³/mol. The van der Waals surface area contributed by atoms with Gasteiger partial charge in [0.05, 0.1) is 12.5 Å². The van der Waals surface area contributed by atoms with Crippen molar-refractivity contribution >= 4 is 5.97 Å². The molecule has 3 nitrogen and oxygen atoms in total. The summed E-state index contributed by atoms with van der Waals surface area (Å²) in [5, 5.41) is 0. The first-order chi connectivity index (χ1) is 6.29. The van der Waals surface area contributed by atoms with Crippen LogP contribution in [0.25, 0.3) is 0 Å². The van der Waals surface area contributed by atoms with Crippen LogP contribution in [0, 0.1) is 0 Å². The molecule has 3 heteroatoms. The van der Waals surface area contributed by atoms with E-state index in [1.807, 2.05) is 12.1 Å². The van der Waals surface area contributed by atoms with Crippen molar-refractivity contribution in [3.8, 4) is 0 Å². The largest absolute Gasteiger partial charge is 0.468 e. The van der Waals surface area contributed by atoms with Gasteiger partial charge in [0.15, 0.2) is 0 Å². The third kappa shape index (κ3) is 1.20. The maximum Gasteiger partial charge on any atom is 0.316 e. The lowest BCUT2D eigenvalue weighted by Gasteiger charge is -2.11. The zero-order chi connectivity index (χ0) is 9.31. The first-order valence-corrected chi connectivity index (χ1v) is 4.28. The van der Waals surface area contributed by atoms with E-state index in [0.717, 1.165) is 18.4 Å². The molecule has 2 rings (SSSR count). The summed E-state index contributed by atoms with van der Waals surface area (Å²) in [5.74, 6) is -0.138. The second-order valence-electron chi connectivity index (χ2n) is 3.32. The summed E-state index contributed by atoms with van der Waals surface area (Å²) in [6.07, 6.45) is 5.21. The van der Waals surface area contributed by atoms with Gasteiger partial charge in [-0.2, -0.15) is 0 Å². The fourth-order valence-corrected chi connectivity index (χ4v) is 1.58. The van der Waals surface area contributed by atoms with E-state index in [9.17, 15) is 4.79 Å². The van der Waals surface area contributed by atoms with Gasteiger partial charge in [-0.15, -0.1) is 0 Å². The lowest BCUT2D eigenvalue weighted by Crippen LogP contribution is -2.21.